The molecular formula is C16H28O4. The molecule has 116 valence electrons. The Labute approximate surface area is 122 Å². The normalized spacial score (nSPS) is 12.6. The number of carbonyl (C=O) groups excluding carboxylic acids is 2. The number of Topliss-reactive ketones (excluding diaryl/α,β-unsaturated/α-hetero) is 1. The second-order valence-electron chi connectivity index (χ2n) is 4.90. The van der Waals surface area contributed by atoms with E-state index in [2.05, 4.69) is 6.92 Å². The molecule has 0 bridgehead atoms. The molecule has 0 rings (SSSR count). The van der Waals surface area contributed by atoms with Gasteiger partial charge in [0.05, 0.1) is 12.7 Å². The van der Waals surface area contributed by atoms with Gasteiger partial charge in [0.15, 0.2) is 0 Å². The summed E-state index contributed by atoms with van der Waals surface area (Å²) in [6.07, 6.45) is 9.20. The van der Waals surface area contributed by atoms with Crippen molar-refractivity contribution in [3.63, 3.8) is 0 Å². The highest BCUT2D eigenvalue weighted by atomic mass is 16.5. The first-order chi connectivity index (χ1) is 9.60. The second-order valence-corrected chi connectivity index (χ2v) is 4.90. The first kappa shape index (κ1) is 18.8. The molecule has 4 heteroatoms. The van der Waals surface area contributed by atoms with Crippen LogP contribution >= 0.6 is 0 Å². The van der Waals surface area contributed by atoms with E-state index in [0.29, 0.717) is 19.4 Å². The maximum Gasteiger partial charge on any atom is 0.313 e. The van der Waals surface area contributed by atoms with E-state index in [-0.39, 0.29) is 12.2 Å². The summed E-state index contributed by atoms with van der Waals surface area (Å²) in [5.74, 6) is -0.581. The zero-order chi connectivity index (χ0) is 15.2. The topological polar surface area (TPSA) is 63.6 Å². The third-order valence-electron chi connectivity index (χ3n) is 2.95. The third kappa shape index (κ3) is 11.9. The summed E-state index contributed by atoms with van der Waals surface area (Å²) in [5.41, 5.74) is 0. The molecule has 0 saturated carbocycles. The zero-order valence-electron chi connectivity index (χ0n) is 12.8. The van der Waals surface area contributed by atoms with E-state index in [1.807, 2.05) is 6.08 Å². The van der Waals surface area contributed by atoms with Gasteiger partial charge in [-0.25, -0.2) is 0 Å². The van der Waals surface area contributed by atoms with Crippen LogP contribution in [0.3, 0.4) is 0 Å². The summed E-state index contributed by atoms with van der Waals surface area (Å²) in [6.45, 7) is 4.17. The number of ether oxygens (including phenoxy) is 1. The minimum atomic E-state index is -0.461. The van der Waals surface area contributed by atoms with Crippen molar-refractivity contribution in [1.29, 1.82) is 0 Å². The summed E-state index contributed by atoms with van der Waals surface area (Å²) in [6, 6.07) is 0. The SMILES string of the molecule is CCCCCCC(O)/C=C/CCC(=O)CC(=O)OCC. The Hall–Kier alpha value is -1.16. The van der Waals surface area contributed by atoms with Crippen LogP contribution in [-0.4, -0.2) is 29.6 Å². The monoisotopic (exact) mass is 284 g/mol. The van der Waals surface area contributed by atoms with Crippen LogP contribution in [0.1, 0.15) is 65.2 Å². The summed E-state index contributed by atoms with van der Waals surface area (Å²) in [7, 11) is 0. The Morgan fingerprint density at radius 1 is 1.20 bits per heavy atom. The van der Waals surface area contributed by atoms with Gasteiger partial charge in [-0.15, -0.1) is 0 Å². The standard InChI is InChI=1S/C16H28O4/c1-3-5-6-7-10-14(17)11-8-9-12-15(18)13-16(19)20-4-2/h8,11,14,17H,3-7,9-10,12-13H2,1-2H3/b11-8+. The molecule has 1 atom stereocenters. The molecule has 1 unspecified atom stereocenters. The lowest BCUT2D eigenvalue weighted by Crippen LogP contribution is -2.10. The summed E-state index contributed by atoms with van der Waals surface area (Å²) in [4.78, 5) is 22.5. The van der Waals surface area contributed by atoms with Crippen molar-refractivity contribution in [2.75, 3.05) is 6.61 Å². The molecule has 20 heavy (non-hydrogen) atoms. The fourth-order valence-corrected chi connectivity index (χ4v) is 1.84. The van der Waals surface area contributed by atoms with E-state index < -0.39 is 12.1 Å². The average Bonchev–Trinajstić information content (AvgIpc) is 2.40. The third-order valence-corrected chi connectivity index (χ3v) is 2.95. The number of rotatable bonds is 12. The molecule has 0 aliphatic heterocycles. The highest BCUT2D eigenvalue weighted by molar-refractivity contribution is 5.95. The quantitative estimate of drug-likeness (QED) is 0.259. The van der Waals surface area contributed by atoms with Gasteiger partial charge in [-0.3, -0.25) is 9.59 Å². The van der Waals surface area contributed by atoms with Gasteiger partial charge in [0.2, 0.25) is 0 Å². The molecule has 0 aromatic rings. The van der Waals surface area contributed by atoms with Crippen LogP contribution in [-0.2, 0) is 14.3 Å². The van der Waals surface area contributed by atoms with Crippen LogP contribution in [0.4, 0.5) is 0 Å². The fourth-order valence-electron chi connectivity index (χ4n) is 1.84. The van der Waals surface area contributed by atoms with Crippen LogP contribution in [0.25, 0.3) is 0 Å². The number of unbranched alkanes of at least 4 members (excludes halogenated alkanes) is 3. The highest BCUT2D eigenvalue weighted by Gasteiger charge is 2.09. The fraction of sp³-hybridized carbons (Fsp3) is 0.750. The summed E-state index contributed by atoms with van der Waals surface area (Å²) in [5, 5.41) is 9.68. The van der Waals surface area contributed by atoms with Crippen molar-refractivity contribution < 1.29 is 19.4 Å². The van der Waals surface area contributed by atoms with Gasteiger partial charge in [0.25, 0.3) is 0 Å². The molecular weight excluding hydrogens is 256 g/mol. The largest absolute Gasteiger partial charge is 0.466 e. The van der Waals surface area contributed by atoms with E-state index in [1.54, 1.807) is 13.0 Å². The van der Waals surface area contributed by atoms with Crippen LogP contribution in [0.2, 0.25) is 0 Å². The van der Waals surface area contributed by atoms with E-state index in [9.17, 15) is 14.7 Å². The Balaban J connectivity index is 3.63. The lowest BCUT2D eigenvalue weighted by Gasteiger charge is -2.04. The summed E-state index contributed by atoms with van der Waals surface area (Å²) >= 11 is 0. The molecule has 0 aliphatic rings. The Kier molecular flexibility index (Phi) is 12.1. The Morgan fingerprint density at radius 2 is 1.95 bits per heavy atom. The Morgan fingerprint density at radius 3 is 2.60 bits per heavy atom. The van der Waals surface area contributed by atoms with Gasteiger partial charge in [0.1, 0.15) is 12.2 Å². The average molecular weight is 284 g/mol. The van der Waals surface area contributed by atoms with E-state index >= 15 is 0 Å². The molecule has 0 aromatic heterocycles. The molecule has 0 aliphatic carbocycles. The number of aliphatic hydroxyl groups excluding tert-OH is 1. The molecule has 1 N–H and O–H groups in total. The first-order valence-electron chi connectivity index (χ1n) is 7.62. The molecule has 0 saturated heterocycles. The molecule has 0 spiro atoms. The van der Waals surface area contributed by atoms with Gasteiger partial charge in [-0.2, -0.15) is 0 Å². The zero-order valence-corrected chi connectivity index (χ0v) is 12.8. The van der Waals surface area contributed by atoms with Crippen molar-refractivity contribution in [2.24, 2.45) is 0 Å². The highest BCUT2D eigenvalue weighted by Crippen LogP contribution is 2.07. The molecule has 0 amide bonds. The number of ketones is 1. The predicted octanol–water partition coefficient (Wildman–Crippen LogP) is 3.18. The van der Waals surface area contributed by atoms with Gasteiger partial charge in [0, 0.05) is 6.42 Å². The smallest absolute Gasteiger partial charge is 0.313 e. The van der Waals surface area contributed by atoms with Crippen molar-refractivity contribution in [3.8, 4) is 0 Å². The maximum absolute atomic E-state index is 11.4. The van der Waals surface area contributed by atoms with Gasteiger partial charge in [-0.05, 0) is 19.8 Å². The van der Waals surface area contributed by atoms with Crippen LogP contribution in [0.5, 0.6) is 0 Å². The van der Waals surface area contributed by atoms with Crippen LogP contribution in [0, 0.1) is 0 Å². The number of hydrogen-bond donors (Lipinski definition) is 1. The molecule has 0 fully saturated rings. The first-order valence-corrected chi connectivity index (χ1v) is 7.62. The number of aliphatic hydroxyl groups is 1. The Bertz CT molecular complexity index is 297. The van der Waals surface area contributed by atoms with Crippen molar-refractivity contribution in [1.82, 2.24) is 0 Å². The van der Waals surface area contributed by atoms with Gasteiger partial charge >= 0.3 is 5.97 Å². The van der Waals surface area contributed by atoms with Gasteiger partial charge < -0.3 is 9.84 Å². The molecule has 0 heterocycles. The predicted molar refractivity (Wildman–Crippen MR) is 79.4 cm³/mol. The van der Waals surface area contributed by atoms with Crippen molar-refractivity contribution in [3.05, 3.63) is 12.2 Å². The lowest BCUT2D eigenvalue weighted by molar-refractivity contribution is -0.145. The van der Waals surface area contributed by atoms with Gasteiger partial charge in [-0.1, -0.05) is 44.8 Å². The van der Waals surface area contributed by atoms with Crippen molar-refractivity contribution in [2.45, 2.75) is 71.3 Å². The lowest BCUT2D eigenvalue weighted by atomic mass is 10.1. The van der Waals surface area contributed by atoms with E-state index in [1.165, 1.54) is 12.8 Å². The minimum Gasteiger partial charge on any atom is -0.466 e. The van der Waals surface area contributed by atoms with Crippen molar-refractivity contribution >= 4 is 11.8 Å². The molecule has 4 nitrogen and oxygen atoms in total. The van der Waals surface area contributed by atoms with E-state index in [0.717, 1.165) is 19.3 Å². The summed E-state index contributed by atoms with van der Waals surface area (Å²) < 4.78 is 4.70. The van der Waals surface area contributed by atoms with E-state index in [4.69, 9.17) is 4.74 Å². The van der Waals surface area contributed by atoms with Crippen LogP contribution in [0.15, 0.2) is 12.2 Å². The molecule has 0 radical (unpaired) electrons. The number of esters is 1. The number of allylic oxidation sites excluding steroid dienone is 1. The van der Waals surface area contributed by atoms with Crippen LogP contribution < -0.4 is 0 Å². The molecule has 0 aromatic carbocycles. The second kappa shape index (κ2) is 12.9. The number of hydrogen-bond acceptors (Lipinski definition) is 4. The minimum absolute atomic E-state index is 0.120. The number of carbonyl (C=O) groups is 2. The maximum atomic E-state index is 11.4.